The number of rotatable bonds is 5. The highest BCUT2D eigenvalue weighted by Crippen LogP contribution is 2.24. The largest absolute Gasteiger partial charge is 0.409 e. The Morgan fingerprint density at radius 3 is 2.68 bits per heavy atom. The van der Waals surface area contributed by atoms with E-state index in [-0.39, 0.29) is 17.3 Å². The van der Waals surface area contributed by atoms with Crippen LogP contribution in [-0.4, -0.2) is 34.0 Å². The predicted molar refractivity (Wildman–Crippen MR) is 79.8 cm³/mol. The lowest BCUT2D eigenvalue weighted by atomic mass is 9.93. The Morgan fingerprint density at radius 2 is 2.21 bits per heavy atom. The van der Waals surface area contributed by atoms with Gasteiger partial charge in [-0.25, -0.2) is 4.98 Å². The van der Waals surface area contributed by atoms with Crippen LogP contribution in [0.2, 0.25) is 0 Å². The topological polar surface area (TPSA) is 74.7 Å². The molecule has 3 N–H and O–H groups in total. The molecule has 108 valence electrons. The molecule has 5 nitrogen and oxygen atoms in total. The van der Waals surface area contributed by atoms with Gasteiger partial charge in [0.1, 0.15) is 10.8 Å². The summed E-state index contributed by atoms with van der Waals surface area (Å²) in [7, 11) is 2.02. The summed E-state index contributed by atoms with van der Waals surface area (Å²) in [5, 5.41) is 14.8. The van der Waals surface area contributed by atoms with Gasteiger partial charge in [0.2, 0.25) is 0 Å². The lowest BCUT2D eigenvalue weighted by Crippen LogP contribution is -2.32. The number of hydrogen-bond acceptors (Lipinski definition) is 5. The van der Waals surface area contributed by atoms with Gasteiger partial charge >= 0.3 is 0 Å². The van der Waals surface area contributed by atoms with Gasteiger partial charge < -0.3 is 10.9 Å². The highest BCUT2D eigenvalue weighted by molar-refractivity contribution is 7.09. The lowest BCUT2D eigenvalue weighted by molar-refractivity contribution is 0.250. The Labute approximate surface area is 119 Å². The molecule has 0 radical (unpaired) electrons. The second kappa shape index (κ2) is 6.34. The molecule has 0 fully saturated rings. The van der Waals surface area contributed by atoms with E-state index >= 15 is 0 Å². The molecular weight excluding hydrogens is 260 g/mol. The van der Waals surface area contributed by atoms with Crippen molar-refractivity contribution in [2.75, 3.05) is 7.05 Å². The normalized spacial score (nSPS) is 14.9. The van der Waals surface area contributed by atoms with E-state index in [0.717, 1.165) is 17.2 Å². The van der Waals surface area contributed by atoms with E-state index in [1.807, 2.05) is 7.05 Å². The Balaban J connectivity index is 2.62. The van der Waals surface area contributed by atoms with Gasteiger partial charge in [-0.2, -0.15) is 0 Å². The summed E-state index contributed by atoms with van der Waals surface area (Å²) in [4.78, 5) is 6.83. The molecule has 0 amide bonds. The minimum Gasteiger partial charge on any atom is -0.409 e. The lowest BCUT2D eigenvalue weighted by Gasteiger charge is -2.23. The van der Waals surface area contributed by atoms with Crippen molar-refractivity contribution in [1.29, 1.82) is 0 Å². The van der Waals surface area contributed by atoms with Gasteiger partial charge in [0, 0.05) is 23.3 Å². The van der Waals surface area contributed by atoms with Gasteiger partial charge in [-0.3, -0.25) is 4.90 Å². The molecule has 0 aliphatic carbocycles. The molecule has 19 heavy (non-hydrogen) atoms. The Hall–Kier alpha value is -1.14. The summed E-state index contributed by atoms with van der Waals surface area (Å²) < 4.78 is 0. The van der Waals surface area contributed by atoms with Crippen LogP contribution in [0.4, 0.5) is 0 Å². The van der Waals surface area contributed by atoms with E-state index in [1.54, 1.807) is 11.3 Å². The molecule has 0 aliphatic heterocycles. The predicted octanol–water partition coefficient (Wildman–Crippen LogP) is 2.40. The Bertz CT molecular complexity index is 436. The molecule has 0 aromatic carbocycles. The first-order valence-electron chi connectivity index (χ1n) is 6.35. The Kier molecular flexibility index (Phi) is 5.31. The van der Waals surface area contributed by atoms with Crippen molar-refractivity contribution in [1.82, 2.24) is 9.88 Å². The average molecular weight is 284 g/mol. The van der Waals surface area contributed by atoms with Crippen molar-refractivity contribution < 1.29 is 5.21 Å². The number of hydrogen-bond donors (Lipinski definition) is 2. The number of nitrogens with two attached hydrogens (primary N) is 1. The van der Waals surface area contributed by atoms with Gasteiger partial charge in [-0.15, -0.1) is 11.3 Å². The summed E-state index contributed by atoms with van der Waals surface area (Å²) in [6, 6.07) is 0.206. The van der Waals surface area contributed by atoms with Crippen LogP contribution < -0.4 is 5.73 Å². The first-order valence-corrected chi connectivity index (χ1v) is 7.23. The first kappa shape index (κ1) is 15.9. The van der Waals surface area contributed by atoms with Crippen LogP contribution in [0.15, 0.2) is 10.5 Å². The van der Waals surface area contributed by atoms with Gasteiger partial charge in [-0.1, -0.05) is 25.9 Å². The van der Waals surface area contributed by atoms with Crippen molar-refractivity contribution in [3.63, 3.8) is 0 Å². The maximum absolute atomic E-state index is 8.58. The van der Waals surface area contributed by atoms with Crippen LogP contribution in [0.5, 0.6) is 0 Å². The SMILES string of the molecule is CC(CC(N)=NO)N(C)Cc1nc(C(C)(C)C)cs1. The van der Waals surface area contributed by atoms with E-state index in [4.69, 9.17) is 10.9 Å². The fraction of sp³-hybridized carbons (Fsp3) is 0.692. The second-order valence-electron chi connectivity index (χ2n) is 5.94. The summed E-state index contributed by atoms with van der Waals surface area (Å²) >= 11 is 1.68. The molecule has 1 unspecified atom stereocenters. The zero-order valence-corrected chi connectivity index (χ0v) is 13.2. The molecule has 1 aromatic rings. The highest BCUT2D eigenvalue weighted by atomic mass is 32.1. The second-order valence-corrected chi connectivity index (χ2v) is 6.88. The van der Waals surface area contributed by atoms with Crippen LogP contribution in [-0.2, 0) is 12.0 Å². The number of thiazole rings is 1. The maximum atomic E-state index is 8.58. The number of amidine groups is 1. The molecule has 6 heteroatoms. The standard InChI is InChI=1S/C13H24N4OS/c1-9(6-11(14)16-18)17(5)7-12-15-10(8-19-12)13(2,3)4/h8-9,18H,6-7H2,1-5H3,(H2,14,16). The summed E-state index contributed by atoms with van der Waals surface area (Å²) in [5.74, 6) is 0.258. The average Bonchev–Trinajstić information content (AvgIpc) is 2.76. The molecule has 0 spiro atoms. The summed E-state index contributed by atoms with van der Waals surface area (Å²) in [6.07, 6.45) is 0.546. The molecule has 0 saturated carbocycles. The van der Waals surface area contributed by atoms with E-state index in [2.05, 4.69) is 48.1 Å². The zero-order valence-electron chi connectivity index (χ0n) is 12.3. The van der Waals surface area contributed by atoms with Crippen molar-refractivity contribution >= 4 is 17.2 Å². The van der Waals surface area contributed by atoms with E-state index in [0.29, 0.717) is 6.42 Å². The fourth-order valence-electron chi connectivity index (χ4n) is 1.60. The third-order valence-electron chi connectivity index (χ3n) is 3.09. The minimum absolute atomic E-state index is 0.0902. The highest BCUT2D eigenvalue weighted by Gasteiger charge is 2.19. The molecule has 0 bridgehead atoms. The van der Waals surface area contributed by atoms with Gasteiger partial charge in [0.15, 0.2) is 0 Å². The van der Waals surface area contributed by atoms with Crippen molar-refractivity contribution in [3.8, 4) is 0 Å². The van der Waals surface area contributed by atoms with Gasteiger partial charge in [0.05, 0.1) is 12.2 Å². The monoisotopic (exact) mass is 284 g/mol. The van der Waals surface area contributed by atoms with Crippen LogP contribution in [0.1, 0.15) is 44.8 Å². The molecule has 1 aromatic heterocycles. The van der Waals surface area contributed by atoms with Gasteiger partial charge in [-0.05, 0) is 14.0 Å². The number of aromatic nitrogens is 1. The van der Waals surface area contributed by atoms with Crippen LogP contribution in [0, 0.1) is 0 Å². The van der Waals surface area contributed by atoms with E-state index < -0.39 is 0 Å². The Morgan fingerprint density at radius 1 is 1.58 bits per heavy atom. The maximum Gasteiger partial charge on any atom is 0.140 e. The molecule has 1 atom stereocenters. The first-order chi connectivity index (χ1) is 8.74. The van der Waals surface area contributed by atoms with Crippen LogP contribution in [0.3, 0.4) is 0 Å². The molecule has 0 saturated heterocycles. The number of oxime groups is 1. The van der Waals surface area contributed by atoms with Crippen molar-refractivity contribution in [2.45, 2.75) is 52.1 Å². The van der Waals surface area contributed by atoms with Crippen LogP contribution in [0.25, 0.3) is 0 Å². The molecular formula is C13H24N4OS. The van der Waals surface area contributed by atoms with Crippen LogP contribution >= 0.6 is 11.3 Å². The quantitative estimate of drug-likeness (QED) is 0.377. The third-order valence-corrected chi connectivity index (χ3v) is 3.92. The molecule has 1 heterocycles. The summed E-state index contributed by atoms with van der Waals surface area (Å²) in [5.41, 5.74) is 6.75. The zero-order chi connectivity index (χ0) is 14.6. The van der Waals surface area contributed by atoms with Gasteiger partial charge in [0.25, 0.3) is 0 Å². The number of nitrogens with zero attached hydrogens (tertiary/aromatic N) is 3. The van der Waals surface area contributed by atoms with Crippen molar-refractivity contribution in [3.05, 3.63) is 16.1 Å². The third kappa shape index (κ3) is 4.80. The summed E-state index contributed by atoms with van der Waals surface area (Å²) in [6.45, 7) is 9.32. The van der Waals surface area contributed by atoms with E-state index in [9.17, 15) is 0 Å². The smallest absolute Gasteiger partial charge is 0.140 e. The molecule has 1 rings (SSSR count). The fourth-order valence-corrected chi connectivity index (χ4v) is 2.68. The molecule has 0 aliphatic rings. The van der Waals surface area contributed by atoms with Crippen molar-refractivity contribution in [2.24, 2.45) is 10.9 Å². The minimum atomic E-state index is 0.0902. The van der Waals surface area contributed by atoms with E-state index in [1.165, 1.54) is 0 Å².